The van der Waals surface area contributed by atoms with Crippen molar-refractivity contribution in [3.8, 4) is 5.75 Å². The molecule has 0 aliphatic heterocycles. The summed E-state index contributed by atoms with van der Waals surface area (Å²) in [5, 5.41) is 0.758. The Kier molecular flexibility index (Phi) is 5.36. The minimum atomic E-state index is 0.572. The Morgan fingerprint density at radius 2 is 1.71 bits per heavy atom. The van der Waals surface area contributed by atoms with E-state index in [0.29, 0.717) is 6.61 Å². The molecule has 1 heterocycles. The Hall–Kier alpha value is -2.78. The molecular formula is C24H23ClN2O. The SMILES string of the molecule is Cc1cc(OCCn2c(Cc3ccccc3C)nc3ccccc32)ccc1Cl. The molecule has 4 aromatic rings. The van der Waals surface area contributed by atoms with E-state index >= 15 is 0 Å². The van der Waals surface area contributed by atoms with Gasteiger partial charge in [0.25, 0.3) is 0 Å². The summed E-state index contributed by atoms with van der Waals surface area (Å²) in [5.41, 5.74) is 5.77. The van der Waals surface area contributed by atoms with E-state index in [9.17, 15) is 0 Å². The summed E-state index contributed by atoms with van der Waals surface area (Å²) >= 11 is 6.10. The van der Waals surface area contributed by atoms with Crippen LogP contribution in [0, 0.1) is 13.8 Å². The van der Waals surface area contributed by atoms with Crippen LogP contribution in [0.25, 0.3) is 11.0 Å². The maximum absolute atomic E-state index is 6.10. The molecule has 0 saturated carbocycles. The van der Waals surface area contributed by atoms with Crippen LogP contribution in [0.15, 0.2) is 66.7 Å². The number of benzene rings is 3. The van der Waals surface area contributed by atoms with Gasteiger partial charge in [-0.1, -0.05) is 48.0 Å². The average molecular weight is 391 g/mol. The third-order valence-electron chi connectivity index (χ3n) is 5.06. The summed E-state index contributed by atoms with van der Waals surface area (Å²) in [6, 6.07) is 22.5. The molecule has 3 aromatic carbocycles. The van der Waals surface area contributed by atoms with Gasteiger partial charge in [0.1, 0.15) is 18.2 Å². The number of hydrogen-bond acceptors (Lipinski definition) is 2. The van der Waals surface area contributed by atoms with Gasteiger partial charge in [0.05, 0.1) is 17.6 Å². The number of nitrogens with zero attached hydrogens (tertiary/aromatic N) is 2. The van der Waals surface area contributed by atoms with Gasteiger partial charge in [0.15, 0.2) is 0 Å². The van der Waals surface area contributed by atoms with Crippen molar-refractivity contribution >= 4 is 22.6 Å². The normalized spacial score (nSPS) is 11.1. The Balaban J connectivity index is 1.58. The van der Waals surface area contributed by atoms with Crippen molar-refractivity contribution in [2.75, 3.05) is 6.61 Å². The predicted octanol–water partition coefficient (Wildman–Crippen LogP) is 5.98. The number of rotatable bonds is 6. The lowest BCUT2D eigenvalue weighted by molar-refractivity contribution is 0.298. The van der Waals surface area contributed by atoms with Crippen molar-refractivity contribution in [3.05, 3.63) is 94.3 Å². The Morgan fingerprint density at radius 3 is 2.54 bits per heavy atom. The van der Waals surface area contributed by atoms with Gasteiger partial charge in [-0.3, -0.25) is 0 Å². The highest BCUT2D eigenvalue weighted by atomic mass is 35.5. The quantitative estimate of drug-likeness (QED) is 0.405. The predicted molar refractivity (Wildman–Crippen MR) is 115 cm³/mol. The highest BCUT2D eigenvalue weighted by Crippen LogP contribution is 2.22. The van der Waals surface area contributed by atoms with Crippen LogP contribution in [-0.4, -0.2) is 16.2 Å². The van der Waals surface area contributed by atoms with Gasteiger partial charge in [0.2, 0.25) is 0 Å². The first-order chi connectivity index (χ1) is 13.6. The van der Waals surface area contributed by atoms with E-state index in [-0.39, 0.29) is 0 Å². The summed E-state index contributed by atoms with van der Waals surface area (Å²) in [6.45, 7) is 5.44. The zero-order valence-electron chi connectivity index (χ0n) is 16.2. The van der Waals surface area contributed by atoms with Crippen molar-refractivity contribution in [2.45, 2.75) is 26.8 Å². The number of fused-ring (bicyclic) bond motifs is 1. The van der Waals surface area contributed by atoms with Crippen molar-refractivity contribution in [1.82, 2.24) is 9.55 Å². The molecule has 4 rings (SSSR count). The lowest BCUT2D eigenvalue weighted by Crippen LogP contribution is -2.12. The highest BCUT2D eigenvalue weighted by molar-refractivity contribution is 6.31. The third-order valence-corrected chi connectivity index (χ3v) is 5.48. The molecule has 0 N–H and O–H groups in total. The van der Waals surface area contributed by atoms with Crippen molar-refractivity contribution in [2.24, 2.45) is 0 Å². The lowest BCUT2D eigenvalue weighted by Gasteiger charge is -2.12. The minimum Gasteiger partial charge on any atom is -0.492 e. The maximum atomic E-state index is 6.10. The summed E-state index contributed by atoms with van der Waals surface area (Å²) in [5.74, 6) is 1.90. The number of imidazole rings is 1. The third kappa shape index (κ3) is 3.90. The maximum Gasteiger partial charge on any atom is 0.119 e. The Labute approximate surface area is 170 Å². The molecule has 0 fully saturated rings. The van der Waals surface area contributed by atoms with E-state index in [2.05, 4.69) is 54.0 Å². The molecular weight excluding hydrogens is 368 g/mol. The molecule has 0 aliphatic carbocycles. The highest BCUT2D eigenvalue weighted by Gasteiger charge is 2.12. The number of halogens is 1. The summed E-state index contributed by atoms with van der Waals surface area (Å²) in [4.78, 5) is 4.89. The largest absolute Gasteiger partial charge is 0.492 e. The van der Waals surface area contributed by atoms with Crippen LogP contribution in [0.2, 0.25) is 5.02 Å². The number of aryl methyl sites for hydroxylation is 2. The van der Waals surface area contributed by atoms with Gasteiger partial charge in [0, 0.05) is 11.4 Å². The zero-order chi connectivity index (χ0) is 19.5. The van der Waals surface area contributed by atoms with Crippen LogP contribution in [0.5, 0.6) is 5.75 Å². The molecule has 0 aliphatic rings. The molecule has 0 atom stereocenters. The first kappa shape index (κ1) is 18.6. The monoisotopic (exact) mass is 390 g/mol. The van der Waals surface area contributed by atoms with E-state index < -0.39 is 0 Å². The number of hydrogen-bond donors (Lipinski definition) is 0. The van der Waals surface area contributed by atoms with Crippen LogP contribution >= 0.6 is 11.6 Å². The second-order valence-electron chi connectivity index (χ2n) is 7.03. The van der Waals surface area contributed by atoms with E-state index in [1.54, 1.807) is 0 Å². The fourth-order valence-corrected chi connectivity index (χ4v) is 3.57. The van der Waals surface area contributed by atoms with Gasteiger partial charge in [-0.15, -0.1) is 0 Å². The number of para-hydroxylation sites is 2. The van der Waals surface area contributed by atoms with Crippen molar-refractivity contribution < 1.29 is 4.74 Å². The Bertz CT molecular complexity index is 1120. The second-order valence-corrected chi connectivity index (χ2v) is 7.44. The zero-order valence-corrected chi connectivity index (χ0v) is 16.9. The smallest absolute Gasteiger partial charge is 0.119 e. The standard InChI is InChI=1S/C24H23ClN2O/c1-17-7-3-4-8-19(17)16-24-26-22-9-5-6-10-23(22)27(24)13-14-28-20-11-12-21(25)18(2)15-20/h3-12,15H,13-14,16H2,1-2H3. The summed E-state index contributed by atoms with van der Waals surface area (Å²) in [6.07, 6.45) is 0.807. The average Bonchev–Trinajstić information content (AvgIpc) is 3.04. The van der Waals surface area contributed by atoms with Crippen molar-refractivity contribution in [1.29, 1.82) is 0 Å². The van der Waals surface area contributed by atoms with Gasteiger partial charge in [-0.05, 0) is 60.9 Å². The molecule has 1 aromatic heterocycles. The van der Waals surface area contributed by atoms with E-state index in [0.717, 1.165) is 46.2 Å². The molecule has 0 bridgehead atoms. The fraction of sp³-hybridized carbons (Fsp3) is 0.208. The van der Waals surface area contributed by atoms with Gasteiger partial charge >= 0.3 is 0 Å². The number of aromatic nitrogens is 2. The van der Waals surface area contributed by atoms with E-state index in [1.165, 1.54) is 11.1 Å². The van der Waals surface area contributed by atoms with Crippen LogP contribution in [-0.2, 0) is 13.0 Å². The Morgan fingerprint density at radius 1 is 0.929 bits per heavy atom. The van der Waals surface area contributed by atoms with Crippen LogP contribution < -0.4 is 4.74 Å². The minimum absolute atomic E-state index is 0.572. The molecule has 3 nitrogen and oxygen atoms in total. The van der Waals surface area contributed by atoms with Gasteiger partial charge < -0.3 is 9.30 Å². The first-order valence-electron chi connectivity index (χ1n) is 9.49. The summed E-state index contributed by atoms with van der Waals surface area (Å²) in [7, 11) is 0. The molecule has 142 valence electrons. The molecule has 0 unspecified atom stereocenters. The second kappa shape index (κ2) is 8.07. The van der Waals surface area contributed by atoms with Gasteiger partial charge in [-0.2, -0.15) is 0 Å². The molecule has 28 heavy (non-hydrogen) atoms. The van der Waals surface area contributed by atoms with E-state index in [4.69, 9.17) is 21.3 Å². The van der Waals surface area contributed by atoms with Crippen LogP contribution in [0.3, 0.4) is 0 Å². The molecule has 0 radical (unpaired) electrons. The number of ether oxygens (including phenoxy) is 1. The molecule has 0 amide bonds. The topological polar surface area (TPSA) is 27.1 Å². The fourth-order valence-electron chi connectivity index (χ4n) is 3.45. The first-order valence-corrected chi connectivity index (χ1v) is 9.87. The van der Waals surface area contributed by atoms with Crippen molar-refractivity contribution in [3.63, 3.8) is 0 Å². The summed E-state index contributed by atoms with van der Waals surface area (Å²) < 4.78 is 8.25. The van der Waals surface area contributed by atoms with Crippen LogP contribution in [0.1, 0.15) is 22.5 Å². The van der Waals surface area contributed by atoms with Gasteiger partial charge in [-0.25, -0.2) is 4.98 Å². The lowest BCUT2D eigenvalue weighted by atomic mass is 10.1. The van der Waals surface area contributed by atoms with Crippen LogP contribution in [0.4, 0.5) is 0 Å². The molecule has 4 heteroatoms. The molecule has 0 spiro atoms. The van der Waals surface area contributed by atoms with E-state index in [1.807, 2.05) is 31.2 Å². The molecule has 0 saturated heterocycles.